The fourth-order valence-corrected chi connectivity index (χ4v) is 3.15. The van der Waals surface area contributed by atoms with Crippen LogP contribution in [0.5, 0.6) is 0 Å². The lowest BCUT2D eigenvalue weighted by molar-refractivity contribution is -0.385. The number of nitro benzene ring substituents is 1. The number of aryl methyl sites for hydroxylation is 1. The number of hydrogen-bond donors (Lipinski definition) is 1. The van der Waals surface area contributed by atoms with Gasteiger partial charge in [0, 0.05) is 11.3 Å². The van der Waals surface area contributed by atoms with Crippen LogP contribution in [0.15, 0.2) is 36.4 Å². The van der Waals surface area contributed by atoms with Gasteiger partial charge in [-0.2, -0.15) is 0 Å². The van der Waals surface area contributed by atoms with E-state index in [4.69, 9.17) is 4.74 Å². The summed E-state index contributed by atoms with van der Waals surface area (Å²) in [5.74, 6) is -1.01. The van der Waals surface area contributed by atoms with E-state index >= 15 is 0 Å². The van der Waals surface area contributed by atoms with Crippen LogP contribution in [0.1, 0.15) is 66.6 Å². The van der Waals surface area contributed by atoms with E-state index in [-0.39, 0.29) is 23.1 Å². The van der Waals surface area contributed by atoms with E-state index in [2.05, 4.69) is 5.32 Å². The third kappa shape index (κ3) is 5.19. The Labute approximate surface area is 170 Å². The molecule has 7 nitrogen and oxygen atoms in total. The standard InChI is InChI=1S/C22H26N2O5/c1-13(2)16-9-7-10-17(14(3)4)20(16)23-19(25)12-29-22(26)18-11-6-8-15(5)21(18)24(27)28/h6-11,13-14H,12H2,1-5H3,(H,23,25). The molecule has 0 aliphatic heterocycles. The maximum absolute atomic E-state index is 12.5. The van der Waals surface area contributed by atoms with Gasteiger partial charge in [-0.25, -0.2) is 4.79 Å². The molecule has 0 heterocycles. The van der Waals surface area contributed by atoms with E-state index in [0.29, 0.717) is 5.56 Å². The van der Waals surface area contributed by atoms with Gasteiger partial charge in [-0.1, -0.05) is 58.0 Å². The second-order valence-corrected chi connectivity index (χ2v) is 7.47. The Morgan fingerprint density at radius 2 is 1.59 bits per heavy atom. The molecule has 0 aliphatic rings. The minimum Gasteiger partial charge on any atom is -0.452 e. The number of anilines is 1. The molecule has 0 spiro atoms. The number of carbonyl (C=O) groups is 2. The summed E-state index contributed by atoms with van der Waals surface area (Å²) < 4.78 is 5.05. The second kappa shape index (κ2) is 9.32. The van der Waals surface area contributed by atoms with Crippen molar-refractivity contribution in [2.45, 2.75) is 46.5 Å². The quantitative estimate of drug-likeness (QED) is 0.404. The van der Waals surface area contributed by atoms with Crippen molar-refractivity contribution in [2.75, 3.05) is 11.9 Å². The highest BCUT2D eigenvalue weighted by Gasteiger charge is 2.24. The molecular formula is C22H26N2O5. The Bertz CT molecular complexity index is 909. The second-order valence-electron chi connectivity index (χ2n) is 7.47. The van der Waals surface area contributed by atoms with Crippen LogP contribution in [0, 0.1) is 17.0 Å². The first-order chi connectivity index (χ1) is 13.6. The summed E-state index contributed by atoms with van der Waals surface area (Å²) in [7, 11) is 0. The van der Waals surface area contributed by atoms with E-state index in [9.17, 15) is 19.7 Å². The smallest absolute Gasteiger partial charge is 0.345 e. The molecule has 0 aromatic heterocycles. The molecule has 0 aliphatic carbocycles. The Hall–Kier alpha value is -3.22. The molecule has 0 fully saturated rings. The van der Waals surface area contributed by atoms with Gasteiger partial charge in [-0.05, 0) is 36.0 Å². The third-order valence-corrected chi connectivity index (χ3v) is 4.61. The highest BCUT2D eigenvalue weighted by atomic mass is 16.6. The van der Waals surface area contributed by atoms with Gasteiger partial charge in [0.2, 0.25) is 0 Å². The van der Waals surface area contributed by atoms with E-state index in [1.165, 1.54) is 25.1 Å². The number of nitrogens with zero attached hydrogens (tertiary/aromatic N) is 1. The zero-order chi connectivity index (χ0) is 21.7. The van der Waals surface area contributed by atoms with Crippen molar-refractivity contribution in [1.82, 2.24) is 0 Å². The highest BCUT2D eigenvalue weighted by molar-refractivity contribution is 5.98. The number of ether oxygens (including phenoxy) is 1. The Balaban J connectivity index is 2.17. The first-order valence-corrected chi connectivity index (χ1v) is 9.47. The Kier molecular flexibility index (Phi) is 7.09. The van der Waals surface area contributed by atoms with Crippen LogP contribution >= 0.6 is 0 Å². The number of nitrogens with one attached hydrogen (secondary N) is 1. The predicted molar refractivity (Wildman–Crippen MR) is 111 cm³/mol. The molecule has 2 aromatic carbocycles. The number of nitro groups is 1. The van der Waals surface area contributed by atoms with Gasteiger partial charge >= 0.3 is 5.97 Å². The molecule has 2 aromatic rings. The summed E-state index contributed by atoms with van der Waals surface area (Å²) >= 11 is 0. The lowest BCUT2D eigenvalue weighted by Gasteiger charge is -2.20. The first-order valence-electron chi connectivity index (χ1n) is 9.47. The van der Waals surface area contributed by atoms with E-state index in [1.807, 2.05) is 45.9 Å². The van der Waals surface area contributed by atoms with Gasteiger partial charge in [0.15, 0.2) is 6.61 Å². The van der Waals surface area contributed by atoms with Gasteiger partial charge < -0.3 is 10.1 Å². The predicted octanol–water partition coefficient (Wildman–Crippen LogP) is 4.95. The molecule has 0 radical (unpaired) electrons. The molecule has 0 saturated carbocycles. The van der Waals surface area contributed by atoms with Crippen LogP contribution in [0.2, 0.25) is 0 Å². The molecule has 7 heteroatoms. The fraction of sp³-hybridized carbons (Fsp3) is 0.364. The zero-order valence-corrected chi connectivity index (χ0v) is 17.3. The summed E-state index contributed by atoms with van der Waals surface area (Å²) in [5, 5.41) is 14.1. The molecule has 0 unspecified atom stereocenters. The van der Waals surface area contributed by atoms with Gasteiger partial charge in [-0.3, -0.25) is 14.9 Å². The average Bonchev–Trinajstić information content (AvgIpc) is 2.65. The molecule has 29 heavy (non-hydrogen) atoms. The lowest BCUT2D eigenvalue weighted by Crippen LogP contribution is -2.23. The summed E-state index contributed by atoms with van der Waals surface area (Å²) in [5.41, 5.74) is 2.57. The molecule has 0 atom stereocenters. The van der Waals surface area contributed by atoms with E-state index < -0.39 is 23.4 Å². The monoisotopic (exact) mass is 398 g/mol. The van der Waals surface area contributed by atoms with Crippen LogP contribution in [0.4, 0.5) is 11.4 Å². The molecule has 2 rings (SSSR count). The number of rotatable bonds is 7. The summed E-state index contributed by atoms with van der Waals surface area (Å²) in [4.78, 5) is 35.4. The number of amides is 1. The van der Waals surface area contributed by atoms with Crippen molar-refractivity contribution >= 4 is 23.3 Å². The topological polar surface area (TPSA) is 98.5 Å². The van der Waals surface area contributed by atoms with Gasteiger partial charge in [0.25, 0.3) is 11.6 Å². The van der Waals surface area contributed by atoms with Crippen molar-refractivity contribution < 1.29 is 19.2 Å². The zero-order valence-electron chi connectivity index (χ0n) is 17.3. The minimum atomic E-state index is -0.906. The maximum atomic E-state index is 12.5. The number of para-hydroxylation sites is 2. The SMILES string of the molecule is Cc1cccc(C(=O)OCC(=O)Nc2c(C(C)C)cccc2C(C)C)c1[N+](=O)[O-]. The number of carbonyl (C=O) groups excluding carboxylic acids is 2. The normalized spacial score (nSPS) is 10.9. The molecule has 1 amide bonds. The Morgan fingerprint density at radius 3 is 2.10 bits per heavy atom. The van der Waals surface area contributed by atoms with Gasteiger partial charge in [0.05, 0.1) is 4.92 Å². The molecular weight excluding hydrogens is 372 g/mol. The van der Waals surface area contributed by atoms with Crippen LogP contribution in [0.3, 0.4) is 0 Å². The van der Waals surface area contributed by atoms with Crippen molar-refractivity contribution in [3.8, 4) is 0 Å². The molecule has 0 bridgehead atoms. The number of esters is 1. The molecule has 154 valence electrons. The summed E-state index contributed by atoms with van der Waals surface area (Å²) in [6, 6.07) is 10.3. The van der Waals surface area contributed by atoms with Gasteiger partial charge in [0.1, 0.15) is 5.56 Å². The van der Waals surface area contributed by atoms with E-state index in [0.717, 1.165) is 16.8 Å². The Morgan fingerprint density at radius 1 is 1.03 bits per heavy atom. The maximum Gasteiger partial charge on any atom is 0.345 e. The summed E-state index contributed by atoms with van der Waals surface area (Å²) in [6.07, 6.45) is 0. The van der Waals surface area contributed by atoms with Crippen molar-refractivity contribution in [3.05, 3.63) is 68.8 Å². The van der Waals surface area contributed by atoms with E-state index in [1.54, 1.807) is 0 Å². The number of hydrogen-bond acceptors (Lipinski definition) is 5. The molecule has 1 N–H and O–H groups in total. The van der Waals surface area contributed by atoms with Gasteiger partial charge in [-0.15, -0.1) is 0 Å². The highest BCUT2D eigenvalue weighted by Crippen LogP contribution is 2.32. The average molecular weight is 398 g/mol. The molecule has 0 saturated heterocycles. The van der Waals surface area contributed by atoms with Crippen LogP contribution in [0.25, 0.3) is 0 Å². The van der Waals surface area contributed by atoms with Crippen molar-refractivity contribution in [3.63, 3.8) is 0 Å². The van der Waals surface area contributed by atoms with Crippen LogP contribution in [-0.4, -0.2) is 23.4 Å². The minimum absolute atomic E-state index is 0.173. The first kappa shape index (κ1) is 22.1. The number of benzene rings is 2. The fourth-order valence-electron chi connectivity index (χ4n) is 3.15. The van der Waals surface area contributed by atoms with Crippen LogP contribution < -0.4 is 5.32 Å². The lowest BCUT2D eigenvalue weighted by atomic mass is 9.92. The largest absolute Gasteiger partial charge is 0.452 e. The van der Waals surface area contributed by atoms with Crippen molar-refractivity contribution in [2.24, 2.45) is 0 Å². The van der Waals surface area contributed by atoms with Crippen LogP contribution in [-0.2, 0) is 9.53 Å². The third-order valence-electron chi connectivity index (χ3n) is 4.61. The van der Waals surface area contributed by atoms with Crippen molar-refractivity contribution in [1.29, 1.82) is 0 Å². The summed E-state index contributed by atoms with van der Waals surface area (Å²) in [6.45, 7) is 9.14.